The van der Waals surface area contributed by atoms with Gasteiger partial charge in [-0.25, -0.2) is 0 Å². The van der Waals surface area contributed by atoms with Crippen LogP contribution in [0.25, 0.3) is 0 Å². The zero-order chi connectivity index (χ0) is 21.2. The molecular weight excluding hydrogens is 364 g/mol. The summed E-state index contributed by atoms with van der Waals surface area (Å²) in [7, 11) is 0. The molecule has 0 aromatic rings. The van der Waals surface area contributed by atoms with E-state index in [0.717, 1.165) is 32.1 Å². The predicted molar refractivity (Wildman–Crippen MR) is 112 cm³/mol. The van der Waals surface area contributed by atoms with Gasteiger partial charge in [-0.2, -0.15) is 0 Å². The molecule has 0 saturated heterocycles. The van der Waals surface area contributed by atoms with Gasteiger partial charge in [0.15, 0.2) is 0 Å². The van der Waals surface area contributed by atoms with Crippen molar-refractivity contribution in [3.8, 4) is 0 Å². The van der Waals surface area contributed by atoms with Crippen molar-refractivity contribution in [2.45, 2.75) is 98.7 Å². The van der Waals surface area contributed by atoms with E-state index in [1.54, 1.807) is 6.92 Å². The predicted octanol–water partition coefficient (Wildman–Crippen LogP) is 5.45. The highest BCUT2D eigenvalue weighted by Gasteiger charge is 2.61. The number of esters is 2. The minimum Gasteiger partial charge on any atom is -0.462 e. The van der Waals surface area contributed by atoms with Crippen LogP contribution in [0.15, 0.2) is 11.6 Å². The molecule has 0 spiro atoms. The summed E-state index contributed by atoms with van der Waals surface area (Å²) >= 11 is 0. The Kier molecular flexibility index (Phi) is 4.94. The summed E-state index contributed by atoms with van der Waals surface area (Å²) in [6, 6.07) is 0. The summed E-state index contributed by atoms with van der Waals surface area (Å²) in [4.78, 5) is 23.3. The van der Waals surface area contributed by atoms with Crippen molar-refractivity contribution in [2.75, 3.05) is 0 Å². The molecule has 7 atom stereocenters. The van der Waals surface area contributed by atoms with Crippen LogP contribution >= 0.6 is 0 Å². The second-order valence-electron chi connectivity index (χ2n) is 11.2. The molecule has 4 aliphatic rings. The van der Waals surface area contributed by atoms with Crippen LogP contribution < -0.4 is 0 Å². The van der Waals surface area contributed by atoms with Gasteiger partial charge in [-0.3, -0.25) is 9.59 Å². The van der Waals surface area contributed by atoms with Crippen molar-refractivity contribution >= 4 is 11.9 Å². The molecule has 29 heavy (non-hydrogen) atoms. The normalized spacial score (nSPS) is 45.3. The average molecular weight is 403 g/mol. The third-order valence-electron chi connectivity index (χ3n) is 9.42. The molecule has 4 aliphatic carbocycles. The second kappa shape index (κ2) is 6.85. The maximum Gasteiger partial charge on any atom is 0.302 e. The van der Waals surface area contributed by atoms with Gasteiger partial charge >= 0.3 is 11.9 Å². The Morgan fingerprint density at radius 3 is 2.17 bits per heavy atom. The molecule has 3 saturated carbocycles. The largest absolute Gasteiger partial charge is 0.462 e. The molecule has 4 nitrogen and oxygen atoms in total. The Hall–Kier alpha value is -1.32. The molecule has 0 heterocycles. The summed E-state index contributed by atoms with van der Waals surface area (Å²) in [6.07, 6.45) is 10.3. The van der Waals surface area contributed by atoms with E-state index in [9.17, 15) is 9.59 Å². The van der Waals surface area contributed by atoms with Crippen LogP contribution in [-0.4, -0.2) is 24.1 Å². The van der Waals surface area contributed by atoms with Crippen molar-refractivity contribution in [1.29, 1.82) is 0 Å². The molecule has 0 aromatic heterocycles. The van der Waals surface area contributed by atoms with Crippen LogP contribution in [0.1, 0.15) is 86.5 Å². The third-order valence-corrected chi connectivity index (χ3v) is 9.42. The highest BCUT2D eigenvalue weighted by Crippen LogP contribution is 2.67. The fourth-order valence-electron chi connectivity index (χ4n) is 8.13. The number of fused-ring (bicyclic) bond motifs is 5. The molecule has 162 valence electrons. The molecule has 0 amide bonds. The zero-order valence-electron chi connectivity index (χ0n) is 19.0. The van der Waals surface area contributed by atoms with Crippen LogP contribution in [0.3, 0.4) is 0 Å². The van der Waals surface area contributed by atoms with Crippen LogP contribution in [0, 0.1) is 34.0 Å². The van der Waals surface area contributed by atoms with Gasteiger partial charge in [-0.15, -0.1) is 0 Å². The maximum atomic E-state index is 11.7. The van der Waals surface area contributed by atoms with E-state index in [2.05, 4.69) is 33.8 Å². The van der Waals surface area contributed by atoms with Gasteiger partial charge < -0.3 is 9.47 Å². The van der Waals surface area contributed by atoms with Gasteiger partial charge in [0.25, 0.3) is 0 Å². The Labute approximate surface area is 175 Å². The van der Waals surface area contributed by atoms with Crippen molar-refractivity contribution in [3.05, 3.63) is 11.6 Å². The van der Waals surface area contributed by atoms with Crippen molar-refractivity contribution in [2.24, 2.45) is 34.0 Å². The Morgan fingerprint density at radius 2 is 1.52 bits per heavy atom. The maximum absolute atomic E-state index is 11.7. The number of hydrogen-bond donors (Lipinski definition) is 0. The lowest BCUT2D eigenvalue weighted by atomic mass is 9.45. The number of allylic oxidation sites excluding steroid dienone is 1. The molecule has 3 fully saturated rings. The van der Waals surface area contributed by atoms with E-state index < -0.39 is 0 Å². The molecular formula is C25H38O4. The smallest absolute Gasteiger partial charge is 0.302 e. The number of ether oxygens (including phenoxy) is 2. The Morgan fingerprint density at radius 1 is 0.862 bits per heavy atom. The van der Waals surface area contributed by atoms with E-state index in [1.165, 1.54) is 25.3 Å². The number of hydrogen-bond acceptors (Lipinski definition) is 4. The molecule has 0 aliphatic heterocycles. The first kappa shape index (κ1) is 20.9. The Balaban J connectivity index is 1.63. The molecule has 0 unspecified atom stereocenters. The van der Waals surface area contributed by atoms with Crippen molar-refractivity contribution in [3.63, 3.8) is 0 Å². The summed E-state index contributed by atoms with van der Waals surface area (Å²) in [5, 5.41) is 0. The quantitative estimate of drug-likeness (QED) is 0.455. The van der Waals surface area contributed by atoms with Crippen LogP contribution in [-0.2, 0) is 19.1 Å². The minimum atomic E-state index is -0.170. The highest BCUT2D eigenvalue weighted by atomic mass is 16.5. The average Bonchev–Trinajstić information content (AvgIpc) is 2.93. The zero-order valence-corrected chi connectivity index (χ0v) is 19.0. The fourth-order valence-corrected chi connectivity index (χ4v) is 8.13. The van der Waals surface area contributed by atoms with Gasteiger partial charge in [-0.05, 0) is 68.1 Å². The van der Waals surface area contributed by atoms with E-state index in [4.69, 9.17) is 9.47 Å². The SMILES string of the molecule is CC(=O)O[C@H]1CC[C@]2(C)C(=CC[C@H]3[C@@H]4CC[C@H](OC(C)=O)[C@]4(C)CC[C@@H]32)C1(C)C. The van der Waals surface area contributed by atoms with E-state index in [1.807, 2.05) is 0 Å². The van der Waals surface area contributed by atoms with Gasteiger partial charge in [0.1, 0.15) is 12.2 Å². The number of carbonyl (C=O) groups is 2. The first-order valence-electron chi connectivity index (χ1n) is 11.6. The van der Waals surface area contributed by atoms with Gasteiger partial charge in [0.05, 0.1) is 0 Å². The molecule has 4 heteroatoms. The summed E-state index contributed by atoms with van der Waals surface area (Å²) in [5.41, 5.74) is 1.71. The van der Waals surface area contributed by atoms with E-state index in [0.29, 0.717) is 17.8 Å². The highest BCUT2D eigenvalue weighted by molar-refractivity contribution is 5.66. The van der Waals surface area contributed by atoms with Crippen LogP contribution in [0.5, 0.6) is 0 Å². The lowest BCUT2D eigenvalue weighted by Crippen LogP contribution is -2.55. The second-order valence-corrected chi connectivity index (χ2v) is 11.2. The third kappa shape index (κ3) is 3.08. The molecule has 0 aromatic carbocycles. The fraction of sp³-hybridized carbons (Fsp3) is 0.840. The first-order valence-corrected chi connectivity index (χ1v) is 11.6. The molecule has 0 bridgehead atoms. The van der Waals surface area contributed by atoms with Crippen LogP contribution in [0.2, 0.25) is 0 Å². The monoisotopic (exact) mass is 402 g/mol. The lowest BCUT2D eigenvalue weighted by Gasteiger charge is -2.61. The van der Waals surface area contributed by atoms with E-state index >= 15 is 0 Å². The lowest BCUT2D eigenvalue weighted by molar-refractivity contribution is -0.160. The van der Waals surface area contributed by atoms with Crippen molar-refractivity contribution in [1.82, 2.24) is 0 Å². The number of rotatable bonds is 2. The standard InChI is InChI=1S/C25H38O4/c1-15(26)28-21-12-14-24(5)19-11-13-25(6)18(8-10-22(25)29-16(2)27)17(19)7-9-20(24)23(21,3)4/h9,17-19,21-22H,7-8,10-14H2,1-6H3/t17-,18-,19-,21-,22-,24-,25+/m0/s1. The topological polar surface area (TPSA) is 52.6 Å². The summed E-state index contributed by atoms with van der Waals surface area (Å²) in [5.74, 6) is 1.67. The van der Waals surface area contributed by atoms with Crippen LogP contribution in [0.4, 0.5) is 0 Å². The Bertz CT molecular complexity index is 737. The van der Waals surface area contributed by atoms with Gasteiger partial charge in [0, 0.05) is 24.7 Å². The molecule has 0 N–H and O–H groups in total. The van der Waals surface area contributed by atoms with Crippen molar-refractivity contribution < 1.29 is 19.1 Å². The van der Waals surface area contributed by atoms with E-state index in [-0.39, 0.29) is 40.4 Å². The molecule has 4 rings (SSSR count). The molecule has 0 radical (unpaired) electrons. The van der Waals surface area contributed by atoms with Gasteiger partial charge in [-0.1, -0.05) is 39.3 Å². The minimum absolute atomic E-state index is 0.0236. The van der Waals surface area contributed by atoms with Gasteiger partial charge in [0.2, 0.25) is 0 Å². The summed E-state index contributed by atoms with van der Waals surface area (Å²) in [6.45, 7) is 12.5. The number of carbonyl (C=O) groups excluding carboxylic acids is 2. The first-order chi connectivity index (χ1) is 13.5. The summed E-state index contributed by atoms with van der Waals surface area (Å²) < 4.78 is 11.5.